The van der Waals surface area contributed by atoms with Gasteiger partial charge < -0.3 is 5.32 Å². The molecule has 0 heterocycles. The van der Waals surface area contributed by atoms with Crippen molar-refractivity contribution >= 4 is 37.3 Å². The van der Waals surface area contributed by atoms with E-state index in [1.54, 1.807) is 12.1 Å². The molecule has 0 saturated carbocycles. The maximum absolute atomic E-state index is 11.1. The minimum absolute atomic E-state index is 0.558. The molecule has 0 atom stereocenters. The van der Waals surface area contributed by atoms with Gasteiger partial charge in [-0.15, -0.1) is 0 Å². The molecule has 0 bridgehead atoms. The quantitative estimate of drug-likeness (QED) is 0.844. The number of aryl methyl sites for hydroxylation is 1. The smallest absolute Gasteiger partial charge is 0.229 e. The Balaban J connectivity index is 1.99. The van der Waals surface area contributed by atoms with Crippen molar-refractivity contribution in [2.24, 2.45) is 0 Å². The Bertz CT molecular complexity index is 728. The van der Waals surface area contributed by atoms with E-state index in [2.05, 4.69) is 45.0 Å². The van der Waals surface area contributed by atoms with Gasteiger partial charge in [-0.1, -0.05) is 28.1 Å². The lowest BCUT2D eigenvalue weighted by molar-refractivity contribution is 0.607. The van der Waals surface area contributed by atoms with E-state index in [0.29, 0.717) is 12.2 Å². The molecule has 0 aliphatic heterocycles. The summed E-state index contributed by atoms with van der Waals surface area (Å²) in [6.45, 7) is 2.77. The Labute approximate surface area is 133 Å². The molecule has 2 N–H and O–H groups in total. The normalized spacial score (nSPS) is 11.2. The van der Waals surface area contributed by atoms with Crippen LogP contribution in [0.25, 0.3) is 0 Å². The number of sulfonamides is 1. The van der Waals surface area contributed by atoms with Crippen LogP contribution in [-0.2, 0) is 16.6 Å². The molecule has 0 aliphatic carbocycles. The second kappa shape index (κ2) is 6.49. The molecule has 0 spiro atoms. The van der Waals surface area contributed by atoms with Crippen LogP contribution in [0, 0.1) is 6.92 Å². The van der Waals surface area contributed by atoms with E-state index in [9.17, 15) is 8.42 Å². The van der Waals surface area contributed by atoms with Gasteiger partial charge in [0.25, 0.3) is 0 Å². The van der Waals surface area contributed by atoms with Gasteiger partial charge in [-0.05, 0) is 48.4 Å². The molecule has 2 aromatic rings. The van der Waals surface area contributed by atoms with Crippen molar-refractivity contribution in [3.63, 3.8) is 0 Å². The van der Waals surface area contributed by atoms with Crippen molar-refractivity contribution in [1.29, 1.82) is 0 Å². The molecular formula is C15H17BrN2O2S. The molecule has 0 aromatic heterocycles. The van der Waals surface area contributed by atoms with Gasteiger partial charge in [0.1, 0.15) is 0 Å². The van der Waals surface area contributed by atoms with E-state index in [4.69, 9.17) is 0 Å². The number of anilines is 2. The van der Waals surface area contributed by atoms with E-state index < -0.39 is 10.0 Å². The lowest BCUT2D eigenvalue weighted by atomic mass is 10.1. The van der Waals surface area contributed by atoms with Crippen LogP contribution >= 0.6 is 15.9 Å². The zero-order valence-corrected chi connectivity index (χ0v) is 14.3. The first-order chi connectivity index (χ1) is 9.83. The summed E-state index contributed by atoms with van der Waals surface area (Å²) in [6.07, 6.45) is 1.13. The van der Waals surface area contributed by atoms with Crippen molar-refractivity contribution < 1.29 is 8.42 Å². The Morgan fingerprint density at radius 2 is 1.67 bits per heavy atom. The first-order valence-electron chi connectivity index (χ1n) is 6.40. The van der Waals surface area contributed by atoms with Crippen LogP contribution < -0.4 is 10.0 Å². The molecular weight excluding hydrogens is 352 g/mol. The average molecular weight is 369 g/mol. The molecule has 2 aromatic carbocycles. The number of nitrogens with one attached hydrogen (secondary N) is 2. The van der Waals surface area contributed by atoms with Crippen molar-refractivity contribution in [1.82, 2.24) is 0 Å². The summed E-state index contributed by atoms with van der Waals surface area (Å²) in [5.74, 6) is 0. The van der Waals surface area contributed by atoms with E-state index in [1.807, 2.05) is 18.2 Å². The van der Waals surface area contributed by atoms with Crippen LogP contribution in [0.5, 0.6) is 0 Å². The first-order valence-corrected chi connectivity index (χ1v) is 9.09. The number of benzene rings is 2. The molecule has 0 amide bonds. The van der Waals surface area contributed by atoms with Crippen LogP contribution in [0.3, 0.4) is 0 Å². The minimum Gasteiger partial charge on any atom is -0.381 e. The van der Waals surface area contributed by atoms with E-state index in [1.165, 1.54) is 11.1 Å². The number of rotatable bonds is 5. The predicted molar refractivity (Wildman–Crippen MR) is 91.1 cm³/mol. The fraction of sp³-hybridized carbons (Fsp3) is 0.200. The maximum Gasteiger partial charge on any atom is 0.229 e. The summed E-state index contributed by atoms with van der Waals surface area (Å²) >= 11 is 3.48. The molecule has 4 nitrogen and oxygen atoms in total. The highest BCUT2D eigenvalue weighted by Gasteiger charge is 2.02. The molecule has 0 aliphatic rings. The molecule has 6 heteroatoms. The van der Waals surface area contributed by atoms with Crippen molar-refractivity contribution in [3.05, 3.63) is 58.1 Å². The summed E-state index contributed by atoms with van der Waals surface area (Å²) < 4.78 is 25.8. The molecule has 0 unspecified atom stereocenters. The van der Waals surface area contributed by atoms with Gasteiger partial charge in [0, 0.05) is 22.4 Å². The third-order valence-corrected chi connectivity index (χ3v) is 4.40. The lowest BCUT2D eigenvalue weighted by Crippen LogP contribution is -2.09. The highest BCUT2D eigenvalue weighted by molar-refractivity contribution is 9.10. The first kappa shape index (κ1) is 15.9. The minimum atomic E-state index is -3.23. The van der Waals surface area contributed by atoms with Gasteiger partial charge in [0.15, 0.2) is 0 Å². The van der Waals surface area contributed by atoms with Crippen LogP contribution in [0.15, 0.2) is 46.9 Å². The summed E-state index contributed by atoms with van der Waals surface area (Å²) in [7, 11) is -3.23. The molecule has 0 radical (unpaired) electrons. The summed E-state index contributed by atoms with van der Waals surface area (Å²) in [5, 5.41) is 3.31. The number of halogens is 1. The largest absolute Gasteiger partial charge is 0.381 e. The fourth-order valence-electron chi connectivity index (χ4n) is 1.89. The second-order valence-corrected chi connectivity index (χ2v) is 7.49. The van der Waals surface area contributed by atoms with Crippen LogP contribution in [0.4, 0.5) is 11.4 Å². The third-order valence-electron chi connectivity index (χ3n) is 2.91. The topological polar surface area (TPSA) is 58.2 Å². The molecule has 2 rings (SSSR count). The maximum atomic E-state index is 11.1. The zero-order chi connectivity index (χ0) is 15.5. The number of hydrogen-bond donors (Lipinski definition) is 2. The monoisotopic (exact) mass is 368 g/mol. The highest BCUT2D eigenvalue weighted by atomic mass is 79.9. The lowest BCUT2D eigenvalue weighted by Gasteiger charge is -2.09. The standard InChI is InChI=1S/C15H17BrN2O2S/c1-11-9-12(3-8-15(11)16)10-17-13-4-6-14(7-5-13)18-21(2,19)20/h3-9,17-18H,10H2,1-2H3. The van der Waals surface area contributed by atoms with Crippen molar-refractivity contribution in [2.45, 2.75) is 13.5 Å². The van der Waals surface area contributed by atoms with Crippen molar-refractivity contribution in [2.75, 3.05) is 16.3 Å². The summed E-state index contributed by atoms with van der Waals surface area (Å²) in [6, 6.07) is 13.4. The van der Waals surface area contributed by atoms with E-state index >= 15 is 0 Å². The highest BCUT2D eigenvalue weighted by Crippen LogP contribution is 2.19. The SMILES string of the molecule is Cc1cc(CNc2ccc(NS(C)(=O)=O)cc2)ccc1Br. The Hall–Kier alpha value is -1.53. The Kier molecular flexibility index (Phi) is 4.90. The molecule has 0 fully saturated rings. The van der Waals surface area contributed by atoms with Gasteiger partial charge in [0.2, 0.25) is 10.0 Å². The van der Waals surface area contributed by atoms with Gasteiger partial charge in [-0.3, -0.25) is 4.72 Å². The van der Waals surface area contributed by atoms with Crippen LogP contribution in [-0.4, -0.2) is 14.7 Å². The third kappa shape index (κ3) is 5.06. The predicted octanol–water partition coefficient (Wildman–Crippen LogP) is 3.74. The van der Waals surface area contributed by atoms with Gasteiger partial charge in [0.05, 0.1) is 6.26 Å². The molecule has 0 saturated heterocycles. The Morgan fingerprint density at radius 3 is 2.24 bits per heavy atom. The van der Waals surface area contributed by atoms with E-state index in [0.717, 1.165) is 16.4 Å². The van der Waals surface area contributed by atoms with Gasteiger partial charge in [-0.2, -0.15) is 0 Å². The molecule has 112 valence electrons. The molecule has 21 heavy (non-hydrogen) atoms. The summed E-state index contributed by atoms with van der Waals surface area (Å²) in [4.78, 5) is 0. The van der Waals surface area contributed by atoms with E-state index in [-0.39, 0.29) is 0 Å². The zero-order valence-electron chi connectivity index (χ0n) is 11.9. The van der Waals surface area contributed by atoms with Gasteiger partial charge in [-0.25, -0.2) is 8.42 Å². The summed E-state index contributed by atoms with van der Waals surface area (Å²) in [5.41, 5.74) is 3.88. The number of hydrogen-bond acceptors (Lipinski definition) is 3. The van der Waals surface area contributed by atoms with Crippen LogP contribution in [0.2, 0.25) is 0 Å². The van der Waals surface area contributed by atoms with Crippen molar-refractivity contribution in [3.8, 4) is 0 Å². The Morgan fingerprint density at radius 1 is 1.05 bits per heavy atom. The van der Waals surface area contributed by atoms with Crippen LogP contribution in [0.1, 0.15) is 11.1 Å². The average Bonchev–Trinajstić information content (AvgIpc) is 2.40. The second-order valence-electron chi connectivity index (χ2n) is 4.89. The fourth-order valence-corrected chi connectivity index (χ4v) is 2.70. The van der Waals surface area contributed by atoms with Gasteiger partial charge >= 0.3 is 0 Å².